The van der Waals surface area contributed by atoms with E-state index in [-0.39, 0.29) is 5.91 Å². The van der Waals surface area contributed by atoms with Crippen molar-refractivity contribution >= 4 is 23.4 Å². The molecule has 1 heterocycles. The number of amides is 1. The highest BCUT2D eigenvalue weighted by atomic mass is 16.1. The molecule has 0 radical (unpaired) electrons. The Balaban J connectivity index is 1.96. The number of H-pyrrole nitrogens is 1. The van der Waals surface area contributed by atoms with Crippen LogP contribution in [-0.2, 0) is 4.79 Å². The van der Waals surface area contributed by atoms with Gasteiger partial charge in [0.05, 0.1) is 11.9 Å². The van der Waals surface area contributed by atoms with E-state index in [4.69, 9.17) is 0 Å². The molecule has 2 rings (SSSR count). The van der Waals surface area contributed by atoms with E-state index in [0.717, 1.165) is 11.3 Å². The number of carbonyl (C=O) groups excluding carboxylic acids is 1. The highest BCUT2D eigenvalue weighted by Gasteiger charge is 1.98. The first-order valence-corrected chi connectivity index (χ1v) is 5.90. The van der Waals surface area contributed by atoms with E-state index in [1.165, 1.54) is 6.08 Å². The summed E-state index contributed by atoms with van der Waals surface area (Å²) in [6, 6.07) is 7.95. The highest BCUT2D eigenvalue weighted by molar-refractivity contribution is 6.01. The van der Waals surface area contributed by atoms with Crippen LogP contribution in [0, 0.1) is 0 Å². The van der Waals surface area contributed by atoms with Crippen LogP contribution < -0.4 is 10.2 Å². The standard InChI is InChI=1S/C14H16N4O/c1-18(2)13-6-3-11(4-7-13)5-8-14(19)17-12-9-15-16-10-12/h3-10H,1-2H3,(H,15,16)(H,17,19)/b8-5+. The lowest BCUT2D eigenvalue weighted by Gasteiger charge is -2.11. The fourth-order valence-corrected chi connectivity index (χ4v) is 1.56. The molecule has 5 heteroatoms. The van der Waals surface area contributed by atoms with Crippen molar-refractivity contribution < 1.29 is 4.79 Å². The number of aromatic amines is 1. The lowest BCUT2D eigenvalue weighted by Crippen LogP contribution is -2.08. The fraction of sp³-hybridized carbons (Fsp3) is 0.143. The Morgan fingerprint density at radius 3 is 2.63 bits per heavy atom. The summed E-state index contributed by atoms with van der Waals surface area (Å²) in [5.74, 6) is -0.182. The number of hydrogen-bond acceptors (Lipinski definition) is 3. The summed E-state index contributed by atoms with van der Waals surface area (Å²) in [4.78, 5) is 13.6. The zero-order valence-electron chi connectivity index (χ0n) is 10.9. The first-order valence-electron chi connectivity index (χ1n) is 5.90. The molecule has 0 atom stereocenters. The Morgan fingerprint density at radius 2 is 2.05 bits per heavy atom. The van der Waals surface area contributed by atoms with Crippen molar-refractivity contribution in [2.75, 3.05) is 24.3 Å². The molecule has 1 aromatic carbocycles. The predicted octanol–water partition coefficient (Wildman–Crippen LogP) is 2.13. The number of carbonyl (C=O) groups is 1. The van der Waals surface area contributed by atoms with Crippen LogP contribution in [0.4, 0.5) is 11.4 Å². The SMILES string of the molecule is CN(C)c1ccc(/C=C/C(=O)Nc2cn[nH]c2)cc1. The summed E-state index contributed by atoms with van der Waals surface area (Å²) in [6.07, 6.45) is 6.45. The number of nitrogens with zero attached hydrogens (tertiary/aromatic N) is 2. The number of nitrogens with one attached hydrogen (secondary N) is 2. The minimum absolute atomic E-state index is 0.182. The predicted molar refractivity (Wildman–Crippen MR) is 77.0 cm³/mol. The van der Waals surface area contributed by atoms with Gasteiger partial charge in [-0.25, -0.2) is 0 Å². The van der Waals surface area contributed by atoms with Gasteiger partial charge in [0.25, 0.3) is 0 Å². The molecule has 1 aromatic heterocycles. The molecule has 1 amide bonds. The lowest BCUT2D eigenvalue weighted by atomic mass is 10.2. The molecule has 98 valence electrons. The second-order valence-electron chi connectivity index (χ2n) is 4.30. The molecule has 19 heavy (non-hydrogen) atoms. The summed E-state index contributed by atoms with van der Waals surface area (Å²) in [6.45, 7) is 0. The molecule has 0 bridgehead atoms. The molecule has 0 aliphatic rings. The molecule has 0 unspecified atom stereocenters. The van der Waals surface area contributed by atoms with Crippen molar-refractivity contribution in [3.8, 4) is 0 Å². The molecule has 5 nitrogen and oxygen atoms in total. The lowest BCUT2D eigenvalue weighted by molar-refractivity contribution is -0.111. The van der Waals surface area contributed by atoms with Gasteiger partial charge >= 0.3 is 0 Å². The normalized spacial score (nSPS) is 10.6. The van der Waals surface area contributed by atoms with Crippen LogP contribution in [0.5, 0.6) is 0 Å². The van der Waals surface area contributed by atoms with Crippen molar-refractivity contribution in [1.29, 1.82) is 0 Å². The van der Waals surface area contributed by atoms with E-state index in [9.17, 15) is 4.79 Å². The Kier molecular flexibility index (Phi) is 3.97. The number of rotatable bonds is 4. The van der Waals surface area contributed by atoms with Gasteiger partial charge in [0.1, 0.15) is 0 Å². The van der Waals surface area contributed by atoms with Crippen LogP contribution >= 0.6 is 0 Å². The zero-order valence-corrected chi connectivity index (χ0v) is 10.9. The summed E-state index contributed by atoms with van der Waals surface area (Å²) >= 11 is 0. The van der Waals surface area contributed by atoms with Crippen molar-refractivity contribution in [3.63, 3.8) is 0 Å². The van der Waals surface area contributed by atoms with Crippen LogP contribution in [-0.4, -0.2) is 30.2 Å². The molecule has 0 spiro atoms. The molecular formula is C14H16N4O. The summed E-state index contributed by atoms with van der Waals surface area (Å²) < 4.78 is 0. The fourth-order valence-electron chi connectivity index (χ4n) is 1.56. The quantitative estimate of drug-likeness (QED) is 0.824. The Hall–Kier alpha value is -2.56. The second kappa shape index (κ2) is 5.86. The third-order valence-corrected chi connectivity index (χ3v) is 2.60. The number of hydrogen-bond donors (Lipinski definition) is 2. The molecule has 2 N–H and O–H groups in total. The first-order chi connectivity index (χ1) is 9.15. The first kappa shape index (κ1) is 12.9. The van der Waals surface area contributed by atoms with E-state index >= 15 is 0 Å². The molecule has 0 saturated heterocycles. The van der Waals surface area contributed by atoms with Gasteiger partial charge in [0.2, 0.25) is 5.91 Å². The van der Waals surface area contributed by atoms with E-state index in [0.29, 0.717) is 5.69 Å². The van der Waals surface area contributed by atoms with E-state index in [1.807, 2.05) is 43.3 Å². The average molecular weight is 256 g/mol. The van der Waals surface area contributed by atoms with Crippen LogP contribution in [0.15, 0.2) is 42.7 Å². The smallest absolute Gasteiger partial charge is 0.248 e. The monoisotopic (exact) mass is 256 g/mol. The summed E-state index contributed by atoms with van der Waals surface area (Å²) in [5, 5.41) is 9.08. The van der Waals surface area contributed by atoms with Crippen molar-refractivity contribution in [2.45, 2.75) is 0 Å². The Bertz CT molecular complexity index is 556. The van der Waals surface area contributed by atoms with Gasteiger partial charge in [-0.2, -0.15) is 5.10 Å². The van der Waals surface area contributed by atoms with Gasteiger partial charge in [0.15, 0.2) is 0 Å². The Morgan fingerprint density at radius 1 is 1.32 bits per heavy atom. The number of anilines is 2. The molecular weight excluding hydrogens is 240 g/mol. The molecule has 0 aliphatic carbocycles. The highest BCUT2D eigenvalue weighted by Crippen LogP contribution is 2.13. The molecule has 0 fully saturated rings. The van der Waals surface area contributed by atoms with Crippen LogP contribution in [0.1, 0.15) is 5.56 Å². The van der Waals surface area contributed by atoms with Gasteiger partial charge < -0.3 is 10.2 Å². The van der Waals surface area contributed by atoms with Gasteiger partial charge in [0, 0.05) is 32.1 Å². The average Bonchev–Trinajstić information content (AvgIpc) is 2.89. The van der Waals surface area contributed by atoms with Crippen LogP contribution in [0.25, 0.3) is 6.08 Å². The third-order valence-electron chi connectivity index (χ3n) is 2.60. The van der Waals surface area contributed by atoms with Crippen molar-refractivity contribution in [3.05, 3.63) is 48.3 Å². The van der Waals surface area contributed by atoms with E-state index in [1.54, 1.807) is 18.5 Å². The summed E-state index contributed by atoms with van der Waals surface area (Å²) in [7, 11) is 3.98. The number of aromatic nitrogens is 2. The largest absolute Gasteiger partial charge is 0.378 e. The molecule has 2 aromatic rings. The van der Waals surface area contributed by atoms with Gasteiger partial charge in [-0.05, 0) is 23.8 Å². The van der Waals surface area contributed by atoms with Crippen LogP contribution in [0.2, 0.25) is 0 Å². The van der Waals surface area contributed by atoms with Crippen LogP contribution in [0.3, 0.4) is 0 Å². The van der Waals surface area contributed by atoms with Crippen molar-refractivity contribution in [1.82, 2.24) is 10.2 Å². The molecule has 0 saturated carbocycles. The van der Waals surface area contributed by atoms with E-state index < -0.39 is 0 Å². The zero-order chi connectivity index (χ0) is 13.7. The third kappa shape index (κ3) is 3.70. The van der Waals surface area contributed by atoms with Gasteiger partial charge in [-0.3, -0.25) is 9.89 Å². The minimum Gasteiger partial charge on any atom is -0.378 e. The topological polar surface area (TPSA) is 61.0 Å². The Labute approximate surface area is 111 Å². The summed E-state index contributed by atoms with van der Waals surface area (Å²) in [5.41, 5.74) is 2.76. The second-order valence-corrected chi connectivity index (χ2v) is 4.30. The van der Waals surface area contributed by atoms with E-state index in [2.05, 4.69) is 15.5 Å². The van der Waals surface area contributed by atoms with Gasteiger partial charge in [-0.1, -0.05) is 12.1 Å². The maximum Gasteiger partial charge on any atom is 0.248 e. The molecule has 0 aliphatic heterocycles. The van der Waals surface area contributed by atoms with Crippen molar-refractivity contribution in [2.24, 2.45) is 0 Å². The maximum atomic E-state index is 11.6. The number of benzene rings is 1. The van der Waals surface area contributed by atoms with Gasteiger partial charge in [-0.15, -0.1) is 0 Å². The minimum atomic E-state index is -0.182. The maximum absolute atomic E-state index is 11.6.